The van der Waals surface area contributed by atoms with Crippen LogP contribution in [0.3, 0.4) is 0 Å². The van der Waals surface area contributed by atoms with Gasteiger partial charge in [-0.05, 0) is 22.3 Å². The Bertz CT molecular complexity index is 640. The van der Waals surface area contributed by atoms with Crippen LogP contribution in [-0.4, -0.2) is 16.1 Å². The average Bonchev–Trinajstić information content (AvgIpc) is 3.05. The molecule has 4 nitrogen and oxygen atoms in total. The molecule has 0 aromatic heterocycles. The van der Waals surface area contributed by atoms with Crippen molar-refractivity contribution in [2.45, 2.75) is 40.2 Å². The van der Waals surface area contributed by atoms with Crippen LogP contribution in [-0.2, 0) is 31.0 Å². The minimum absolute atomic E-state index is 0.0196. The fourth-order valence-electron chi connectivity index (χ4n) is 2.49. The lowest BCUT2D eigenvalue weighted by molar-refractivity contribution is 0.0955. The lowest BCUT2D eigenvalue weighted by Crippen LogP contribution is -2.25. The third-order valence-corrected chi connectivity index (χ3v) is 3.64. The first-order chi connectivity index (χ1) is 11.3. The molecule has 0 atom stereocenters. The second kappa shape index (κ2) is 8.34. The summed E-state index contributed by atoms with van der Waals surface area (Å²) in [4.78, 5) is 13.8. The first kappa shape index (κ1) is 17.0. The number of nitrogens with zero attached hydrogens (tertiary/aromatic N) is 1. The van der Waals surface area contributed by atoms with Crippen molar-refractivity contribution in [1.29, 1.82) is 0 Å². The van der Waals surface area contributed by atoms with Gasteiger partial charge in [-0.25, -0.2) is 4.79 Å². The van der Waals surface area contributed by atoms with Gasteiger partial charge in [-0.2, -0.15) is 0 Å². The molecule has 1 N–H and O–H groups in total. The SMILES string of the molecule is CC.O=C(OCc1ccccc1)N1Cc2ccc(CO)cc2C1. The van der Waals surface area contributed by atoms with E-state index in [-0.39, 0.29) is 19.3 Å². The summed E-state index contributed by atoms with van der Waals surface area (Å²) in [5.41, 5.74) is 4.04. The van der Waals surface area contributed by atoms with Crippen molar-refractivity contribution in [3.8, 4) is 0 Å². The van der Waals surface area contributed by atoms with E-state index in [0.717, 1.165) is 22.3 Å². The highest BCUT2D eigenvalue weighted by atomic mass is 16.6. The van der Waals surface area contributed by atoms with Crippen LogP contribution in [0.5, 0.6) is 0 Å². The van der Waals surface area contributed by atoms with Gasteiger partial charge in [-0.1, -0.05) is 62.4 Å². The highest BCUT2D eigenvalue weighted by Crippen LogP contribution is 2.24. The fraction of sp³-hybridized carbons (Fsp3) is 0.316. The first-order valence-electron chi connectivity index (χ1n) is 7.93. The Morgan fingerprint density at radius 1 is 1.04 bits per heavy atom. The number of aliphatic hydroxyl groups is 1. The van der Waals surface area contributed by atoms with Crippen molar-refractivity contribution in [2.24, 2.45) is 0 Å². The van der Waals surface area contributed by atoms with Gasteiger partial charge in [0.05, 0.1) is 6.61 Å². The van der Waals surface area contributed by atoms with Crippen molar-refractivity contribution in [1.82, 2.24) is 4.90 Å². The smallest absolute Gasteiger partial charge is 0.410 e. The number of hydrogen-bond donors (Lipinski definition) is 1. The normalized spacial score (nSPS) is 12.2. The summed E-state index contributed by atoms with van der Waals surface area (Å²) in [6, 6.07) is 15.4. The molecule has 2 aromatic rings. The van der Waals surface area contributed by atoms with E-state index in [2.05, 4.69) is 0 Å². The monoisotopic (exact) mass is 313 g/mol. The number of amides is 1. The molecule has 0 saturated heterocycles. The van der Waals surface area contributed by atoms with Gasteiger partial charge in [-0.3, -0.25) is 4.90 Å². The van der Waals surface area contributed by atoms with Gasteiger partial charge < -0.3 is 9.84 Å². The summed E-state index contributed by atoms with van der Waals surface area (Å²) in [5.74, 6) is 0. The van der Waals surface area contributed by atoms with Crippen LogP contribution < -0.4 is 0 Å². The molecule has 1 heterocycles. The van der Waals surface area contributed by atoms with Gasteiger partial charge in [0.25, 0.3) is 0 Å². The molecule has 1 aliphatic heterocycles. The molecule has 0 saturated carbocycles. The molecular formula is C19H23NO3. The second-order valence-electron chi connectivity index (χ2n) is 5.16. The van der Waals surface area contributed by atoms with E-state index in [0.29, 0.717) is 13.1 Å². The van der Waals surface area contributed by atoms with Crippen molar-refractivity contribution in [3.63, 3.8) is 0 Å². The molecule has 1 aliphatic rings. The van der Waals surface area contributed by atoms with E-state index in [1.165, 1.54) is 0 Å². The van der Waals surface area contributed by atoms with E-state index in [9.17, 15) is 4.79 Å². The Morgan fingerprint density at radius 2 is 1.74 bits per heavy atom. The molecule has 0 spiro atoms. The molecule has 0 bridgehead atoms. The number of carbonyl (C=O) groups is 1. The summed E-state index contributed by atoms with van der Waals surface area (Å²) in [6.07, 6.45) is -0.305. The van der Waals surface area contributed by atoms with Crippen LogP contribution in [0.15, 0.2) is 48.5 Å². The second-order valence-corrected chi connectivity index (χ2v) is 5.16. The number of aliphatic hydroxyl groups excluding tert-OH is 1. The van der Waals surface area contributed by atoms with Gasteiger partial charge in [0.15, 0.2) is 0 Å². The Kier molecular flexibility index (Phi) is 6.18. The van der Waals surface area contributed by atoms with Crippen molar-refractivity contribution in [2.75, 3.05) is 0 Å². The molecule has 0 aliphatic carbocycles. The summed E-state index contributed by atoms with van der Waals surface area (Å²) >= 11 is 0. The maximum absolute atomic E-state index is 12.1. The van der Waals surface area contributed by atoms with Crippen LogP contribution >= 0.6 is 0 Å². The van der Waals surface area contributed by atoms with Gasteiger partial charge in [0.2, 0.25) is 0 Å². The third kappa shape index (κ3) is 4.33. The first-order valence-corrected chi connectivity index (χ1v) is 7.93. The van der Waals surface area contributed by atoms with Crippen LogP contribution in [0.2, 0.25) is 0 Å². The molecule has 0 radical (unpaired) electrons. The molecule has 3 rings (SSSR count). The van der Waals surface area contributed by atoms with Crippen LogP contribution in [0.25, 0.3) is 0 Å². The highest BCUT2D eigenvalue weighted by molar-refractivity contribution is 5.69. The fourth-order valence-corrected chi connectivity index (χ4v) is 2.49. The van der Waals surface area contributed by atoms with Crippen molar-refractivity contribution >= 4 is 6.09 Å². The maximum atomic E-state index is 12.1. The predicted octanol–water partition coefficient (Wildman–Crippen LogP) is 3.86. The predicted molar refractivity (Wildman–Crippen MR) is 89.6 cm³/mol. The van der Waals surface area contributed by atoms with Gasteiger partial charge in [0, 0.05) is 13.1 Å². The lowest BCUT2D eigenvalue weighted by Gasteiger charge is -2.15. The van der Waals surface area contributed by atoms with Gasteiger partial charge in [0.1, 0.15) is 6.61 Å². The minimum Gasteiger partial charge on any atom is -0.445 e. The lowest BCUT2D eigenvalue weighted by atomic mass is 10.1. The molecule has 122 valence electrons. The number of hydrogen-bond acceptors (Lipinski definition) is 3. The van der Waals surface area contributed by atoms with E-state index in [1.807, 2.05) is 62.4 Å². The molecule has 0 fully saturated rings. The Balaban J connectivity index is 0.000000924. The van der Waals surface area contributed by atoms with Gasteiger partial charge in [-0.15, -0.1) is 0 Å². The zero-order valence-corrected chi connectivity index (χ0v) is 13.7. The highest BCUT2D eigenvalue weighted by Gasteiger charge is 2.24. The largest absolute Gasteiger partial charge is 0.445 e. The molecule has 0 unspecified atom stereocenters. The summed E-state index contributed by atoms with van der Waals surface area (Å²) < 4.78 is 5.34. The molecule has 1 amide bonds. The molecule has 4 heteroatoms. The zero-order chi connectivity index (χ0) is 16.7. The number of benzene rings is 2. The van der Waals surface area contributed by atoms with E-state index in [1.54, 1.807) is 4.90 Å². The average molecular weight is 313 g/mol. The summed E-state index contributed by atoms with van der Waals surface area (Å²) in [7, 11) is 0. The molecule has 23 heavy (non-hydrogen) atoms. The topological polar surface area (TPSA) is 49.8 Å². The Morgan fingerprint density at radius 3 is 2.43 bits per heavy atom. The van der Waals surface area contributed by atoms with Crippen LogP contribution in [0.1, 0.15) is 36.1 Å². The van der Waals surface area contributed by atoms with Crippen LogP contribution in [0.4, 0.5) is 4.79 Å². The van der Waals surface area contributed by atoms with Crippen LogP contribution in [0, 0.1) is 0 Å². The quantitative estimate of drug-likeness (QED) is 0.936. The number of carbonyl (C=O) groups excluding carboxylic acids is 1. The molecular weight excluding hydrogens is 290 g/mol. The standard InChI is InChI=1S/C17H17NO3.C2H6/c19-11-14-6-7-15-9-18(10-16(15)8-14)17(20)21-12-13-4-2-1-3-5-13;1-2/h1-8,19H,9-12H2;1-2H3. The number of ether oxygens (including phenoxy) is 1. The number of fused-ring (bicyclic) bond motifs is 1. The Labute approximate surface area is 137 Å². The van der Waals surface area contributed by atoms with Crippen molar-refractivity contribution in [3.05, 3.63) is 70.8 Å². The number of rotatable bonds is 3. The van der Waals surface area contributed by atoms with Crippen molar-refractivity contribution < 1.29 is 14.6 Å². The van der Waals surface area contributed by atoms with Gasteiger partial charge >= 0.3 is 6.09 Å². The summed E-state index contributed by atoms with van der Waals surface area (Å²) in [6.45, 7) is 5.41. The van der Waals surface area contributed by atoms with E-state index in [4.69, 9.17) is 9.84 Å². The zero-order valence-electron chi connectivity index (χ0n) is 13.7. The summed E-state index contributed by atoms with van der Waals surface area (Å²) in [5, 5.41) is 9.15. The van der Waals surface area contributed by atoms with E-state index < -0.39 is 0 Å². The molecule has 2 aromatic carbocycles. The maximum Gasteiger partial charge on any atom is 0.410 e. The minimum atomic E-state index is -0.305. The Hall–Kier alpha value is -2.33. The third-order valence-electron chi connectivity index (χ3n) is 3.64. The van der Waals surface area contributed by atoms with E-state index >= 15 is 0 Å².